The van der Waals surface area contributed by atoms with Gasteiger partial charge in [-0.15, -0.1) is 0 Å². The summed E-state index contributed by atoms with van der Waals surface area (Å²) in [6, 6.07) is 11.1. The fraction of sp³-hybridized carbons (Fsp3) is 0.471. The molecule has 2 fully saturated rings. The quantitative estimate of drug-likeness (QED) is 0.922. The highest BCUT2D eigenvalue weighted by molar-refractivity contribution is 5.96. The topological polar surface area (TPSA) is 45.5 Å². The molecule has 1 N–H and O–H groups in total. The van der Waals surface area contributed by atoms with Crippen molar-refractivity contribution in [2.24, 2.45) is 0 Å². The van der Waals surface area contributed by atoms with E-state index in [9.17, 15) is 4.79 Å². The molecule has 4 rings (SSSR count). The number of furan rings is 1. The minimum atomic E-state index is -0.0832. The highest BCUT2D eigenvalue weighted by Crippen LogP contribution is 2.34. The average molecular weight is 284 g/mol. The van der Waals surface area contributed by atoms with Crippen LogP contribution in [-0.4, -0.2) is 36.0 Å². The first-order valence-corrected chi connectivity index (χ1v) is 7.72. The molecule has 0 radical (unpaired) electrons. The number of piperidine rings is 1. The van der Waals surface area contributed by atoms with E-state index in [1.807, 2.05) is 30.3 Å². The van der Waals surface area contributed by atoms with Crippen molar-refractivity contribution in [2.75, 3.05) is 7.05 Å². The van der Waals surface area contributed by atoms with E-state index in [-0.39, 0.29) is 11.9 Å². The van der Waals surface area contributed by atoms with E-state index in [0.29, 0.717) is 17.8 Å². The third kappa shape index (κ3) is 2.23. The molecule has 1 aromatic carbocycles. The fourth-order valence-corrected chi connectivity index (χ4v) is 3.88. The lowest BCUT2D eigenvalue weighted by atomic mass is 9.98. The molecule has 1 amide bonds. The van der Waals surface area contributed by atoms with Gasteiger partial charge < -0.3 is 14.6 Å². The molecule has 21 heavy (non-hydrogen) atoms. The average Bonchev–Trinajstić information content (AvgIpc) is 2.98. The third-order valence-electron chi connectivity index (χ3n) is 5.08. The van der Waals surface area contributed by atoms with Crippen LogP contribution in [0.4, 0.5) is 0 Å². The molecule has 2 bridgehead atoms. The highest BCUT2D eigenvalue weighted by atomic mass is 16.3. The third-order valence-corrected chi connectivity index (χ3v) is 5.08. The van der Waals surface area contributed by atoms with E-state index >= 15 is 0 Å². The van der Waals surface area contributed by atoms with E-state index < -0.39 is 0 Å². The van der Waals surface area contributed by atoms with Gasteiger partial charge >= 0.3 is 0 Å². The van der Waals surface area contributed by atoms with E-state index in [4.69, 9.17) is 4.42 Å². The molecule has 110 valence electrons. The largest absolute Gasteiger partial charge is 0.451 e. The van der Waals surface area contributed by atoms with Gasteiger partial charge in [0.05, 0.1) is 0 Å². The second kappa shape index (κ2) is 4.88. The second-order valence-corrected chi connectivity index (χ2v) is 6.34. The summed E-state index contributed by atoms with van der Waals surface area (Å²) >= 11 is 0. The van der Waals surface area contributed by atoms with Gasteiger partial charge in [0, 0.05) is 23.5 Å². The van der Waals surface area contributed by atoms with Crippen LogP contribution >= 0.6 is 0 Å². The number of nitrogens with one attached hydrogen (secondary N) is 1. The first-order valence-electron chi connectivity index (χ1n) is 7.72. The van der Waals surface area contributed by atoms with Crippen molar-refractivity contribution in [3.8, 4) is 0 Å². The predicted molar refractivity (Wildman–Crippen MR) is 81.3 cm³/mol. The number of benzene rings is 1. The van der Waals surface area contributed by atoms with Crippen LogP contribution in [0.15, 0.2) is 34.7 Å². The van der Waals surface area contributed by atoms with Crippen molar-refractivity contribution >= 4 is 16.9 Å². The number of carbonyl (C=O) groups is 1. The maximum atomic E-state index is 12.4. The monoisotopic (exact) mass is 284 g/mol. The summed E-state index contributed by atoms with van der Waals surface area (Å²) in [5, 5.41) is 4.14. The highest BCUT2D eigenvalue weighted by Gasteiger charge is 2.39. The van der Waals surface area contributed by atoms with Gasteiger partial charge in [0.25, 0.3) is 5.91 Å². The number of nitrogens with zero attached hydrogens (tertiary/aromatic N) is 1. The minimum absolute atomic E-state index is 0.0832. The van der Waals surface area contributed by atoms with Crippen molar-refractivity contribution in [3.05, 3.63) is 36.1 Å². The number of fused-ring (bicyclic) bond motifs is 3. The van der Waals surface area contributed by atoms with Crippen LogP contribution in [0, 0.1) is 0 Å². The molecule has 2 aliphatic rings. The van der Waals surface area contributed by atoms with Crippen LogP contribution in [0.25, 0.3) is 11.0 Å². The molecular weight excluding hydrogens is 264 g/mol. The molecule has 4 heteroatoms. The molecule has 4 nitrogen and oxygen atoms in total. The van der Waals surface area contributed by atoms with Gasteiger partial charge in [0.15, 0.2) is 5.76 Å². The molecule has 3 atom stereocenters. The van der Waals surface area contributed by atoms with Crippen LogP contribution in [0.5, 0.6) is 0 Å². The van der Waals surface area contributed by atoms with Crippen molar-refractivity contribution in [3.63, 3.8) is 0 Å². The van der Waals surface area contributed by atoms with Gasteiger partial charge in [0.2, 0.25) is 0 Å². The van der Waals surface area contributed by atoms with E-state index in [0.717, 1.165) is 23.8 Å². The first kappa shape index (κ1) is 12.9. The van der Waals surface area contributed by atoms with E-state index in [1.165, 1.54) is 12.8 Å². The molecule has 2 aromatic rings. The molecule has 2 aliphatic heterocycles. The van der Waals surface area contributed by atoms with Crippen molar-refractivity contribution in [2.45, 2.75) is 43.8 Å². The van der Waals surface area contributed by atoms with Crippen LogP contribution in [0.2, 0.25) is 0 Å². The summed E-state index contributed by atoms with van der Waals surface area (Å²) in [7, 11) is 2.21. The van der Waals surface area contributed by atoms with Crippen molar-refractivity contribution < 1.29 is 9.21 Å². The van der Waals surface area contributed by atoms with E-state index in [1.54, 1.807) is 0 Å². The Morgan fingerprint density at radius 1 is 1.24 bits per heavy atom. The molecule has 1 unspecified atom stereocenters. The Hall–Kier alpha value is -1.81. The SMILES string of the molecule is CN1[C@@H]2CC[C@H]1CC(NC(=O)c1cc3ccccc3o1)C2. The van der Waals surface area contributed by atoms with Gasteiger partial charge in [0.1, 0.15) is 5.58 Å². The maximum Gasteiger partial charge on any atom is 0.287 e. The minimum Gasteiger partial charge on any atom is -0.451 e. The van der Waals surface area contributed by atoms with Gasteiger partial charge in [-0.05, 0) is 44.9 Å². The van der Waals surface area contributed by atoms with Crippen LogP contribution in [0.3, 0.4) is 0 Å². The van der Waals surface area contributed by atoms with Crippen LogP contribution in [0.1, 0.15) is 36.2 Å². The zero-order chi connectivity index (χ0) is 14.4. The number of hydrogen-bond donors (Lipinski definition) is 1. The zero-order valence-corrected chi connectivity index (χ0v) is 12.2. The molecular formula is C17H20N2O2. The molecule has 1 aromatic heterocycles. The fourth-order valence-electron chi connectivity index (χ4n) is 3.88. The summed E-state index contributed by atoms with van der Waals surface area (Å²) in [6.07, 6.45) is 4.63. The Bertz CT molecular complexity index is 631. The number of rotatable bonds is 2. The Morgan fingerprint density at radius 3 is 2.67 bits per heavy atom. The zero-order valence-electron chi connectivity index (χ0n) is 12.2. The summed E-state index contributed by atoms with van der Waals surface area (Å²) in [5.74, 6) is 0.336. The van der Waals surface area contributed by atoms with Gasteiger partial charge in [-0.25, -0.2) is 0 Å². The Labute approximate surface area is 124 Å². The molecule has 3 heterocycles. The summed E-state index contributed by atoms with van der Waals surface area (Å²) in [6.45, 7) is 0. The number of carbonyl (C=O) groups excluding carboxylic acids is 1. The lowest BCUT2D eigenvalue weighted by molar-refractivity contribution is 0.0857. The Balaban J connectivity index is 1.48. The number of amides is 1. The normalized spacial score (nSPS) is 28.9. The Kier molecular flexibility index (Phi) is 3.00. The van der Waals surface area contributed by atoms with Crippen LogP contribution < -0.4 is 5.32 Å². The Morgan fingerprint density at radius 2 is 1.95 bits per heavy atom. The van der Waals surface area contributed by atoms with Crippen molar-refractivity contribution in [1.29, 1.82) is 0 Å². The summed E-state index contributed by atoms with van der Waals surface area (Å²) in [4.78, 5) is 14.9. The van der Waals surface area contributed by atoms with Gasteiger partial charge in [-0.1, -0.05) is 18.2 Å². The maximum absolute atomic E-state index is 12.4. The van der Waals surface area contributed by atoms with Gasteiger partial charge in [-0.2, -0.15) is 0 Å². The van der Waals surface area contributed by atoms with E-state index in [2.05, 4.69) is 17.3 Å². The van der Waals surface area contributed by atoms with Crippen molar-refractivity contribution in [1.82, 2.24) is 10.2 Å². The smallest absolute Gasteiger partial charge is 0.287 e. The molecule has 0 aliphatic carbocycles. The standard InChI is InChI=1S/C17H20N2O2/c1-19-13-6-7-14(19)10-12(9-13)18-17(20)16-8-11-4-2-3-5-15(11)21-16/h2-5,8,12-14H,6-7,9-10H2,1H3,(H,18,20)/t12?,13-,14+. The number of hydrogen-bond acceptors (Lipinski definition) is 3. The summed E-state index contributed by atoms with van der Waals surface area (Å²) < 4.78 is 5.64. The molecule has 0 spiro atoms. The molecule has 0 saturated carbocycles. The number of para-hydroxylation sites is 1. The van der Waals surface area contributed by atoms with Crippen LogP contribution in [-0.2, 0) is 0 Å². The summed E-state index contributed by atoms with van der Waals surface area (Å²) in [5.41, 5.74) is 0.770. The lowest BCUT2D eigenvalue weighted by Gasteiger charge is -2.36. The first-order chi connectivity index (χ1) is 10.2. The molecule has 2 saturated heterocycles. The van der Waals surface area contributed by atoms with Gasteiger partial charge in [-0.3, -0.25) is 4.79 Å². The lowest BCUT2D eigenvalue weighted by Crippen LogP contribution is -2.48. The predicted octanol–water partition coefficient (Wildman–Crippen LogP) is 2.79. The second-order valence-electron chi connectivity index (χ2n) is 6.34.